The Hall–Kier alpha value is -2.43. The largest absolute Gasteiger partial charge is 0.345 e. The van der Waals surface area contributed by atoms with Crippen molar-refractivity contribution in [2.45, 2.75) is 12.8 Å². The lowest BCUT2D eigenvalue weighted by Crippen LogP contribution is -2.36. The highest BCUT2D eigenvalue weighted by molar-refractivity contribution is 6.44. The molecule has 1 saturated heterocycles. The summed E-state index contributed by atoms with van der Waals surface area (Å²) in [6.07, 6.45) is 0.144. The molecule has 1 heterocycles. The zero-order valence-electron chi connectivity index (χ0n) is 10.8. The van der Waals surface area contributed by atoms with Crippen LogP contribution in [-0.2, 0) is 14.4 Å². The number of hydrogen-bond acceptors (Lipinski definition) is 5. The van der Waals surface area contributed by atoms with Gasteiger partial charge in [-0.2, -0.15) is 5.26 Å². The summed E-state index contributed by atoms with van der Waals surface area (Å²) >= 11 is 0. The molecule has 8 heteroatoms. The van der Waals surface area contributed by atoms with Gasteiger partial charge in [0, 0.05) is 33.6 Å². The van der Waals surface area contributed by atoms with E-state index in [2.05, 4.69) is 0 Å². The molecule has 0 aromatic carbocycles. The molecule has 5 amide bonds. The van der Waals surface area contributed by atoms with Crippen molar-refractivity contribution in [2.75, 3.05) is 27.2 Å². The number of nitrogens with zero attached hydrogens (tertiary/aromatic N) is 4. The third-order valence-corrected chi connectivity index (χ3v) is 2.78. The van der Waals surface area contributed by atoms with Gasteiger partial charge in [0.2, 0.25) is 5.91 Å². The van der Waals surface area contributed by atoms with Gasteiger partial charge in [0.05, 0.1) is 12.5 Å². The third kappa shape index (κ3) is 3.07. The summed E-state index contributed by atoms with van der Waals surface area (Å²) < 4.78 is 0. The van der Waals surface area contributed by atoms with Crippen LogP contribution in [0.4, 0.5) is 4.79 Å². The Morgan fingerprint density at radius 3 is 2.42 bits per heavy atom. The smallest absolute Gasteiger partial charge is 0.333 e. The van der Waals surface area contributed by atoms with Gasteiger partial charge < -0.3 is 4.90 Å². The Bertz CT molecular complexity index is 468. The Balaban J connectivity index is 2.51. The molecule has 0 aromatic heterocycles. The van der Waals surface area contributed by atoms with Gasteiger partial charge in [-0.15, -0.1) is 0 Å². The summed E-state index contributed by atoms with van der Waals surface area (Å²) in [5.74, 6) is -2.10. The van der Waals surface area contributed by atoms with Crippen LogP contribution in [0, 0.1) is 11.3 Å². The number of carbonyl (C=O) groups is 4. The molecular formula is C11H14N4O4. The van der Waals surface area contributed by atoms with Crippen LogP contribution in [0.1, 0.15) is 12.8 Å². The average Bonchev–Trinajstić information content (AvgIpc) is 2.58. The lowest BCUT2D eigenvalue weighted by molar-refractivity contribution is -0.143. The molecule has 0 bridgehead atoms. The quantitative estimate of drug-likeness (QED) is 0.477. The van der Waals surface area contributed by atoms with Gasteiger partial charge in [-0.3, -0.25) is 24.2 Å². The van der Waals surface area contributed by atoms with Crippen LogP contribution in [-0.4, -0.2) is 65.6 Å². The van der Waals surface area contributed by atoms with Gasteiger partial charge in [0.15, 0.2) is 0 Å². The summed E-state index contributed by atoms with van der Waals surface area (Å²) in [7, 11) is 2.74. The zero-order valence-corrected chi connectivity index (χ0v) is 10.8. The first-order valence-electron chi connectivity index (χ1n) is 5.64. The van der Waals surface area contributed by atoms with E-state index >= 15 is 0 Å². The molecular weight excluding hydrogens is 252 g/mol. The molecule has 0 saturated carbocycles. The van der Waals surface area contributed by atoms with Crippen molar-refractivity contribution in [3.8, 4) is 6.07 Å². The van der Waals surface area contributed by atoms with E-state index in [1.165, 1.54) is 19.0 Å². The molecule has 1 aliphatic rings. The number of hydrogen-bond donors (Lipinski definition) is 0. The van der Waals surface area contributed by atoms with E-state index < -0.39 is 17.8 Å². The van der Waals surface area contributed by atoms with Gasteiger partial charge in [-0.05, 0) is 0 Å². The number of amides is 5. The number of urea groups is 1. The summed E-state index contributed by atoms with van der Waals surface area (Å²) in [4.78, 5) is 48.6. The topological polar surface area (TPSA) is 102 Å². The van der Waals surface area contributed by atoms with Gasteiger partial charge in [-0.1, -0.05) is 0 Å². The summed E-state index contributed by atoms with van der Waals surface area (Å²) in [5, 5.41) is 8.40. The van der Waals surface area contributed by atoms with Crippen LogP contribution in [0.2, 0.25) is 0 Å². The molecule has 1 aliphatic heterocycles. The van der Waals surface area contributed by atoms with Crippen molar-refractivity contribution in [3.63, 3.8) is 0 Å². The van der Waals surface area contributed by atoms with Crippen molar-refractivity contribution < 1.29 is 19.2 Å². The maximum atomic E-state index is 11.7. The van der Waals surface area contributed by atoms with Crippen LogP contribution >= 0.6 is 0 Å². The lowest BCUT2D eigenvalue weighted by Gasteiger charge is -2.17. The fourth-order valence-electron chi connectivity index (χ4n) is 1.55. The lowest BCUT2D eigenvalue weighted by atomic mass is 10.3. The van der Waals surface area contributed by atoms with Crippen molar-refractivity contribution in [3.05, 3.63) is 0 Å². The Morgan fingerprint density at radius 1 is 1.32 bits per heavy atom. The molecule has 0 atom stereocenters. The van der Waals surface area contributed by atoms with E-state index in [1.54, 1.807) is 0 Å². The second kappa shape index (κ2) is 5.95. The van der Waals surface area contributed by atoms with E-state index in [4.69, 9.17) is 5.26 Å². The molecule has 0 unspecified atom stereocenters. The Morgan fingerprint density at radius 2 is 1.95 bits per heavy atom. The molecule has 0 spiro atoms. The SMILES string of the molecule is CN(CCC#N)C(=O)CCN1C(=O)C(=O)N(C)C1=O. The second-order valence-electron chi connectivity index (χ2n) is 4.08. The fourth-order valence-corrected chi connectivity index (χ4v) is 1.55. The summed E-state index contributed by atoms with van der Waals surface area (Å²) in [5.41, 5.74) is 0. The van der Waals surface area contributed by atoms with Crippen LogP contribution in [0.25, 0.3) is 0 Å². The third-order valence-electron chi connectivity index (χ3n) is 2.78. The fraction of sp³-hybridized carbons (Fsp3) is 0.545. The van der Waals surface area contributed by atoms with Gasteiger partial charge >= 0.3 is 17.8 Å². The highest BCUT2D eigenvalue weighted by Crippen LogP contribution is 2.10. The van der Waals surface area contributed by atoms with Crippen LogP contribution < -0.4 is 0 Å². The summed E-state index contributed by atoms with van der Waals surface area (Å²) in [6, 6.07) is 1.19. The zero-order chi connectivity index (χ0) is 14.6. The number of imide groups is 2. The maximum Gasteiger partial charge on any atom is 0.333 e. The Kier molecular flexibility index (Phi) is 4.58. The van der Waals surface area contributed by atoms with Gasteiger partial charge in [-0.25, -0.2) is 4.79 Å². The van der Waals surface area contributed by atoms with E-state index in [-0.39, 0.29) is 31.8 Å². The molecule has 1 fully saturated rings. The second-order valence-corrected chi connectivity index (χ2v) is 4.08. The van der Waals surface area contributed by atoms with Crippen molar-refractivity contribution in [1.29, 1.82) is 5.26 Å². The first-order valence-corrected chi connectivity index (χ1v) is 5.64. The highest BCUT2D eigenvalue weighted by atomic mass is 16.2. The van der Waals surface area contributed by atoms with Crippen molar-refractivity contribution >= 4 is 23.8 Å². The molecule has 0 radical (unpaired) electrons. The number of likely N-dealkylation sites (N-methyl/N-ethyl adjacent to an activating group) is 1. The van der Waals surface area contributed by atoms with Gasteiger partial charge in [0.25, 0.3) is 0 Å². The molecule has 102 valence electrons. The molecule has 1 rings (SSSR count). The first kappa shape index (κ1) is 14.6. The maximum absolute atomic E-state index is 11.7. The summed E-state index contributed by atoms with van der Waals surface area (Å²) in [6.45, 7) is 0.152. The standard InChI is InChI=1S/C11H14N4O4/c1-13(6-3-5-12)8(16)4-7-15-10(18)9(17)14(2)11(15)19/h3-4,6-7H2,1-2H3. The number of rotatable bonds is 5. The van der Waals surface area contributed by atoms with E-state index in [1.807, 2.05) is 6.07 Å². The minimum Gasteiger partial charge on any atom is -0.345 e. The first-order chi connectivity index (χ1) is 8.90. The molecule has 0 aromatic rings. The minimum atomic E-state index is -0.917. The van der Waals surface area contributed by atoms with Crippen molar-refractivity contribution in [1.82, 2.24) is 14.7 Å². The van der Waals surface area contributed by atoms with Crippen LogP contribution in [0.3, 0.4) is 0 Å². The van der Waals surface area contributed by atoms with E-state index in [0.29, 0.717) is 4.90 Å². The molecule has 0 N–H and O–H groups in total. The number of nitriles is 1. The van der Waals surface area contributed by atoms with E-state index in [0.717, 1.165) is 4.90 Å². The van der Waals surface area contributed by atoms with E-state index in [9.17, 15) is 19.2 Å². The molecule has 0 aliphatic carbocycles. The van der Waals surface area contributed by atoms with Gasteiger partial charge in [0.1, 0.15) is 0 Å². The monoisotopic (exact) mass is 266 g/mol. The normalized spacial score (nSPS) is 14.9. The van der Waals surface area contributed by atoms with Crippen LogP contribution in [0.15, 0.2) is 0 Å². The average molecular weight is 266 g/mol. The molecule has 19 heavy (non-hydrogen) atoms. The minimum absolute atomic E-state index is 0.0689. The number of carbonyl (C=O) groups excluding carboxylic acids is 4. The predicted molar refractivity (Wildman–Crippen MR) is 62.4 cm³/mol. The van der Waals surface area contributed by atoms with Crippen molar-refractivity contribution in [2.24, 2.45) is 0 Å². The predicted octanol–water partition coefficient (Wildman–Crippen LogP) is -0.831. The Labute approximate surface area is 110 Å². The molecule has 8 nitrogen and oxygen atoms in total. The highest BCUT2D eigenvalue weighted by Gasteiger charge is 2.42. The van der Waals surface area contributed by atoms with Crippen LogP contribution in [0.5, 0.6) is 0 Å².